The van der Waals surface area contributed by atoms with Crippen LogP contribution in [0.1, 0.15) is 12.8 Å². The van der Waals surface area contributed by atoms with Crippen LogP contribution in [0, 0.1) is 6.92 Å². The second-order valence-electron chi connectivity index (χ2n) is 1.07. The maximum Gasteiger partial charge on any atom is 0.214 e. The Morgan fingerprint density at radius 3 is 2.14 bits per heavy atom. The molecule has 0 aliphatic rings. The van der Waals surface area contributed by atoms with Gasteiger partial charge in [-0.05, 0) is 6.42 Å². The normalized spacial score (nSPS) is 7.00. The molecule has 0 fully saturated rings. The first-order chi connectivity index (χ1) is 2.77. The van der Waals surface area contributed by atoms with Crippen LogP contribution in [0.15, 0.2) is 0 Å². The molecule has 1 amide bonds. The molecule has 0 saturated heterocycles. The van der Waals surface area contributed by atoms with E-state index in [9.17, 15) is 4.79 Å². The van der Waals surface area contributed by atoms with E-state index in [1.54, 1.807) is 0 Å². The fraction of sp³-hybridized carbons (Fsp3) is 0.500. The maximum absolute atomic E-state index is 9.78. The van der Waals surface area contributed by atoms with Gasteiger partial charge in [-0.15, -0.1) is 0 Å². The summed E-state index contributed by atoms with van der Waals surface area (Å²) in [5.41, 5.74) is 4.72. The average Bonchev–Trinajstić information content (AvgIpc) is 1.35. The van der Waals surface area contributed by atoms with Gasteiger partial charge >= 0.3 is 0 Å². The molecule has 0 aliphatic heterocycles. The van der Waals surface area contributed by atoms with Gasteiger partial charge in [0.1, 0.15) is 0 Å². The van der Waals surface area contributed by atoms with Crippen LogP contribution in [0.4, 0.5) is 0 Å². The predicted octanol–water partition coefficient (Wildman–Crippen LogP) is 0.0835. The van der Waals surface area contributed by atoms with Gasteiger partial charge in [-0.1, -0.05) is 0 Å². The third kappa shape index (κ3) is 10.8. The quantitative estimate of drug-likeness (QED) is 0.593. The molecule has 0 spiro atoms. The first-order valence-electron chi connectivity index (χ1n) is 1.85. The maximum atomic E-state index is 9.78. The number of hydrogen-bond acceptors (Lipinski definition) is 1. The van der Waals surface area contributed by atoms with Crippen LogP contribution in [0.25, 0.3) is 0 Å². The number of nitrogens with two attached hydrogens (primary N) is 1. The standard InChI is InChI=1S/C4H8NO.Y/c1-2-3-4(5)6;/h1-3H2,(H2,5,6);/q-1;. The molecule has 0 heterocycles. The van der Waals surface area contributed by atoms with Gasteiger partial charge in [0.2, 0.25) is 5.91 Å². The van der Waals surface area contributed by atoms with E-state index in [2.05, 4.69) is 6.92 Å². The summed E-state index contributed by atoms with van der Waals surface area (Å²) in [6.07, 6.45) is 1.01. The van der Waals surface area contributed by atoms with Crippen molar-refractivity contribution in [3.63, 3.8) is 0 Å². The largest absolute Gasteiger partial charge is 0.370 e. The molecule has 0 rings (SSSR count). The summed E-state index contributed by atoms with van der Waals surface area (Å²) in [4.78, 5) is 9.78. The Kier molecular flexibility index (Phi) is 9.89. The molecule has 0 atom stereocenters. The van der Waals surface area contributed by atoms with Crippen LogP contribution in [0.2, 0.25) is 0 Å². The Morgan fingerprint density at radius 1 is 1.71 bits per heavy atom. The zero-order valence-corrected chi connectivity index (χ0v) is 7.02. The van der Waals surface area contributed by atoms with E-state index < -0.39 is 0 Å². The Hall–Kier alpha value is 0.574. The van der Waals surface area contributed by atoms with Gasteiger partial charge in [0, 0.05) is 32.7 Å². The van der Waals surface area contributed by atoms with Gasteiger partial charge in [0.05, 0.1) is 0 Å². The SMILES string of the molecule is [CH2-]CCC(N)=O.[Y]. The molecule has 0 aliphatic carbocycles. The number of rotatable bonds is 2. The molecule has 0 aromatic rings. The Labute approximate surface area is 68.7 Å². The molecular formula is C4H8NOY-. The molecule has 7 heavy (non-hydrogen) atoms. The first-order valence-corrected chi connectivity index (χ1v) is 1.85. The third-order valence-corrected chi connectivity index (χ3v) is 0.423. The first kappa shape index (κ1) is 10.5. The zero-order valence-electron chi connectivity index (χ0n) is 4.18. The molecule has 0 aromatic carbocycles. The van der Waals surface area contributed by atoms with Crippen LogP contribution < -0.4 is 5.73 Å². The minimum Gasteiger partial charge on any atom is -0.370 e. The predicted molar refractivity (Wildman–Crippen MR) is 23.8 cm³/mol. The molecule has 0 aromatic heterocycles. The summed E-state index contributed by atoms with van der Waals surface area (Å²) in [5.74, 6) is -0.273. The molecule has 2 nitrogen and oxygen atoms in total. The number of hydrogen-bond donors (Lipinski definition) is 1. The van der Waals surface area contributed by atoms with E-state index in [4.69, 9.17) is 5.73 Å². The smallest absolute Gasteiger partial charge is 0.214 e. The van der Waals surface area contributed by atoms with Crippen LogP contribution in [-0.2, 0) is 37.5 Å². The minimum atomic E-state index is -0.273. The summed E-state index contributed by atoms with van der Waals surface area (Å²) < 4.78 is 0. The molecule has 1 radical (unpaired) electrons. The molecule has 0 unspecified atom stereocenters. The molecule has 0 bridgehead atoms. The summed E-state index contributed by atoms with van der Waals surface area (Å²) in [6, 6.07) is 0. The monoisotopic (exact) mass is 175 g/mol. The fourth-order valence-electron chi connectivity index (χ4n) is 0.174. The summed E-state index contributed by atoms with van der Waals surface area (Å²) in [6.45, 7) is 3.42. The molecule has 2 N–H and O–H groups in total. The van der Waals surface area contributed by atoms with Gasteiger partial charge in [-0.25, -0.2) is 0 Å². The van der Waals surface area contributed by atoms with Crippen molar-refractivity contribution in [2.45, 2.75) is 12.8 Å². The van der Waals surface area contributed by atoms with Crippen molar-refractivity contribution in [1.82, 2.24) is 0 Å². The van der Waals surface area contributed by atoms with E-state index in [0.29, 0.717) is 12.8 Å². The molecule has 0 saturated carbocycles. The number of primary amides is 1. The van der Waals surface area contributed by atoms with Gasteiger partial charge in [0.25, 0.3) is 0 Å². The Morgan fingerprint density at radius 2 is 2.14 bits per heavy atom. The van der Waals surface area contributed by atoms with Crippen LogP contribution in [0.5, 0.6) is 0 Å². The summed E-state index contributed by atoms with van der Waals surface area (Å²) in [5, 5.41) is 0. The third-order valence-electron chi connectivity index (χ3n) is 0.423. The molecule has 39 valence electrons. The Bertz CT molecular complexity index is 55.7. The van der Waals surface area contributed by atoms with Crippen molar-refractivity contribution in [2.75, 3.05) is 0 Å². The summed E-state index contributed by atoms with van der Waals surface area (Å²) in [7, 11) is 0. The van der Waals surface area contributed by atoms with Crippen LogP contribution in [-0.4, -0.2) is 5.91 Å². The summed E-state index contributed by atoms with van der Waals surface area (Å²) >= 11 is 0. The van der Waals surface area contributed by atoms with Crippen LogP contribution in [0.3, 0.4) is 0 Å². The van der Waals surface area contributed by atoms with Crippen molar-refractivity contribution in [2.24, 2.45) is 5.73 Å². The van der Waals surface area contributed by atoms with Gasteiger partial charge in [-0.3, -0.25) is 4.79 Å². The van der Waals surface area contributed by atoms with Crippen molar-refractivity contribution >= 4 is 5.91 Å². The topological polar surface area (TPSA) is 43.1 Å². The van der Waals surface area contributed by atoms with Crippen molar-refractivity contribution in [1.29, 1.82) is 0 Å². The Balaban J connectivity index is 0. The zero-order chi connectivity index (χ0) is 4.99. The fourth-order valence-corrected chi connectivity index (χ4v) is 0.174. The van der Waals surface area contributed by atoms with E-state index >= 15 is 0 Å². The van der Waals surface area contributed by atoms with Crippen molar-refractivity contribution in [3.8, 4) is 0 Å². The van der Waals surface area contributed by atoms with E-state index in [-0.39, 0.29) is 38.6 Å². The van der Waals surface area contributed by atoms with Gasteiger partial charge < -0.3 is 12.7 Å². The molecule has 3 heteroatoms. The van der Waals surface area contributed by atoms with E-state index in [1.165, 1.54) is 0 Å². The number of amides is 1. The number of carbonyl (C=O) groups excluding carboxylic acids is 1. The average molecular weight is 175 g/mol. The van der Waals surface area contributed by atoms with E-state index in [1.807, 2.05) is 0 Å². The van der Waals surface area contributed by atoms with Crippen LogP contribution >= 0.6 is 0 Å². The minimum absolute atomic E-state index is 0. The van der Waals surface area contributed by atoms with E-state index in [0.717, 1.165) is 0 Å². The van der Waals surface area contributed by atoms with Crippen molar-refractivity contribution in [3.05, 3.63) is 6.92 Å². The van der Waals surface area contributed by atoms with Gasteiger partial charge in [0.15, 0.2) is 0 Å². The van der Waals surface area contributed by atoms with Crippen molar-refractivity contribution < 1.29 is 37.5 Å². The van der Waals surface area contributed by atoms with Gasteiger partial charge in [-0.2, -0.15) is 6.42 Å². The number of carbonyl (C=O) groups is 1. The second-order valence-corrected chi connectivity index (χ2v) is 1.07. The second kappa shape index (κ2) is 6.57. The molecular weight excluding hydrogens is 167 g/mol.